The molecule has 27 heavy (non-hydrogen) atoms. The van der Waals surface area contributed by atoms with Gasteiger partial charge in [-0.1, -0.05) is 12.1 Å². The molecule has 0 unspecified atom stereocenters. The Labute approximate surface area is 154 Å². The number of hydrogen-bond acceptors (Lipinski definition) is 6. The molecule has 2 heterocycles. The summed E-state index contributed by atoms with van der Waals surface area (Å²) in [5.74, 6) is 0.826. The van der Waals surface area contributed by atoms with E-state index in [2.05, 4.69) is 20.3 Å². The first kappa shape index (κ1) is 16.8. The van der Waals surface area contributed by atoms with E-state index >= 15 is 0 Å². The van der Waals surface area contributed by atoms with Crippen molar-refractivity contribution in [2.75, 3.05) is 11.1 Å². The Bertz CT molecular complexity index is 1080. The highest BCUT2D eigenvalue weighted by atomic mass is 19.1. The van der Waals surface area contributed by atoms with Gasteiger partial charge in [0.25, 0.3) is 0 Å². The summed E-state index contributed by atoms with van der Waals surface area (Å²) in [6, 6.07) is 13.2. The Kier molecular flexibility index (Phi) is 4.29. The number of nitrogens with two attached hydrogens (primary N) is 1. The zero-order chi connectivity index (χ0) is 18.8. The highest BCUT2D eigenvalue weighted by Gasteiger charge is 2.08. The molecule has 0 atom stereocenters. The number of rotatable bonds is 5. The highest BCUT2D eigenvalue weighted by molar-refractivity contribution is 5.81. The summed E-state index contributed by atoms with van der Waals surface area (Å²) in [5.41, 5.74) is 9.46. The third-order valence-electron chi connectivity index (χ3n) is 4.08. The van der Waals surface area contributed by atoms with Gasteiger partial charge in [-0.3, -0.25) is 0 Å². The lowest BCUT2D eigenvalue weighted by molar-refractivity contribution is 0.436. The number of aryl methyl sites for hydroxylation is 1. The van der Waals surface area contributed by atoms with Crippen molar-refractivity contribution in [3.63, 3.8) is 0 Å². The van der Waals surface area contributed by atoms with Crippen LogP contribution >= 0.6 is 0 Å². The molecule has 136 valence electrons. The van der Waals surface area contributed by atoms with Gasteiger partial charge in [0.2, 0.25) is 5.95 Å². The molecule has 0 aliphatic heterocycles. The average molecular weight is 364 g/mol. The van der Waals surface area contributed by atoms with Crippen LogP contribution in [0.25, 0.3) is 11.0 Å². The molecule has 0 bridgehead atoms. The molecule has 4 rings (SSSR count). The molecule has 0 amide bonds. The molecule has 0 aliphatic rings. The van der Waals surface area contributed by atoms with E-state index in [-0.39, 0.29) is 6.01 Å². The first-order valence-electron chi connectivity index (χ1n) is 8.29. The number of imidazole rings is 1. The maximum atomic E-state index is 12.8. The monoisotopic (exact) mass is 364 g/mol. The van der Waals surface area contributed by atoms with Gasteiger partial charge < -0.3 is 20.4 Å². The number of fused-ring (bicyclic) bond motifs is 1. The summed E-state index contributed by atoms with van der Waals surface area (Å²) in [7, 11) is 1.94. The quantitative estimate of drug-likeness (QED) is 0.527. The zero-order valence-electron chi connectivity index (χ0n) is 14.6. The molecule has 2 aromatic heterocycles. The number of aromatic nitrogens is 4. The van der Waals surface area contributed by atoms with Gasteiger partial charge in [0.15, 0.2) is 5.82 Å². The van der Waals surface area contributed by atoms with E-state index in [9.17, 15) is 4.39 Å². The lowest BCUT2D eigenvalue weighted by atomic mass is 10.2. The molecule has 0 saturated heterocycles. The Morgan fingerprint density at radius 3 is 2.59 bits per heavy atom. The van der Waals surface area contributed by atoms with Crippen molar-refractivity contribution in [2.45, 2.75) is 6.54 Å². The number of halogens is 1. The average Bonchev–Trinajstić information content (AvgIpc) is 2.98. The SMILES string of the molecule is Cn1c(NCc2ccc(Oc3ncc(F)cn3)cc2)nc2ccc(N)cc21. The van der Waals surface area contributed by atoms with Gasteiger partial charge >= 0.3 is 6.01 Å². The predicted octanol–water partition coefficient (Wildman–Crippen LogP) is 3.49. The maximum absolute atomic E-state index is 12.8. The number of hydrogen-bond donors (Lipinski definition) is 2. The van der Waals surface area contributed by atoms with Gasteiger partial charge in [-0.15, -0.1) is 0 Å². The summed E-state index contributed by atoms with van der Waals surface area (Å²) in [5, 5.41) is 3.32. The molecule has 0 fully saturated rings. The van der Waals surface area contributed by atoms with Crippen molar-refractivity contribution in [2.24, 2.45) is 7.05 Å². The Morgan fingerprint density at radius 2 is 1.85 bits per heavy atom. The molecule has 7 nitrogen and oxygen atoms in total. The van der Waals surface area contributed by atoms with Crippen molar-refractivity contribution >= 4 is 22.7 Å². The molecule has 0 aliphatic carbocycles. The molecule has 3 N–H and O–H groups in total. The minimum absolute atomic E-state index is 0.0984. The molecule has 2 aromatic carbocycles. The van der Waals surface area contributed by atoms with Gasteiger partial charge in [0.1, 0.15) is 5.75 Å². The topological polar surface area (TPSA) is 90.9 Å². The van der Waals surface area contributed by atoms with E-state index in [1.165, 1.54) is 0 Å². The normalized spacial score (nSPS) is 10.9. The van der Waals surface area contributed by atoms with Gasteiger partial charge in [-0.2, -0.15) is 0 Å². The summed E-state index contributed by atoms with van der Waals surface area (Å²) < 4.78 is 20.3. The molecule has 0 saturated carbocycles. The second kappa shape index (κ2) is 6.91. The number of anilines is 2. The second-order valence-corrected chi connectivity index (χ2v) is 6.03. The van der Waals surface area contributed by atoms with Crippen molar-refractivity contribution in [1.29, 1.82) is 0 Å². The van der Waals surface area contributed by atoms with E-state index in [4.69, 9.17) is 10.5 Å². The number of ether oxygens (including phenoxy) is 1. The number of nitrogen functional groups attached to an aromatic ring is 1. The van der Waals surface area contributed by atoms with Gasteiger partial charge in [0, 0.05) is 19.3 Å². The van der Waals surface area contributed by atoms with Crippen LogP contribution < -0.4 is 15.8 Å². The fourth-order valence-corrected chi connectivity index (χ4v) is 2.68. The molecular formula is C19H17FN6O. The first-order chi connectivity index (χ1) is 13.1. The van der Waals surface area contributed by atoms with Crippen LogP contribution in [0.5, 0.6) is 11.8 Å². The van der Waals surface area contributed by atoms with Crippen molar-refractivity contribution in [1.82, 2.24) is 19.5 Å². The van der Waals surface area contributed by atoms with Crippen LogP contribution in [0.2, 0.25) is 0 Å². The van der Waals surface area contributed by atoms with E-state index in [0.717, 1.165) is 34.9 Å². The largest absolute Gasteiger partial charge is 0.424 e. The minimum Gasteiger partial charge on any atom is -0.424 e. The second-order valence-electron chi connectivity index (χ2n) is 6.03. The lowest BCUT2D eigenvalue weighted by Crippen LogP contribution is -2.05. The van der Waals surface area contributed by atoms with E-state index in [0.29, 0.717) is 18.0 Å². The Balaban J connectivity index is 1.43. The van der Waals surface area contributed by atoms with Crippen LogP contribution in [0.3, 0.4) is 0 Å². The number of nitrogens with one attached hydrogen (secondary N) is 1. The third kappa shape index (κ3) is 3.64. The maximum Gasteiger partial charge on any atom is 0.322 e. The fraction of sp³-hybridized carbons (Fsp3) is 0.105. The van der Waals surface area contributed by atoms with Crippen LogP contribution in [0.4, 0.5) is 16.0 Å². The van der Waals surface area contributed by atoms with E-state index in [1.54, 1.807) is 12.1 Å². The Morgan fingerprint density at radius 1 is 1.11 bits per heavy atom. The zero-order valence-corrected chi connectivity index (χ0v) is 14.6. The van der Waals surface area contributed by atoms with E-state index < -0.39 is 5.82 Å². The van der Waals surface area contributed by atoms with Gasteiger partial charge in [-0.05, 0) is 35.9 Å². The van der Waals surface area contributed by atoms with Crippen LogP contribution in [0.1, 0.15) is 5.56 Å². The summed E-state index contributed by atoms with van der Waals surface area (Å²) in [4.78, 5) is 12.1. The predicted molar refractivity (Wildman–Crippen MR) is 101 cm³/mol. The van der Waals surface area contributed by atoms with Crippen LogP contribution in [-0.2, 0) is 13.6 Å². The number of nitrogens with zero attached hydrogens (tertiary/aromatic N) is 4. The summed E-state index contributed by atoms with van der Waals surface area (Å²) in [6.07, 6.45) is 2.12. The molecule has 4 aromatic rings. The van der Waals surface area contributed by atoms with Crippen LogP contribution in [0.15, 0.2) is 54.9 Å². The van der Waals surface area contributed by atoms with Crippen molar-refractivity contribution < 1.29 is 9.13 Å². The summed E-state index contributed by atoms with van der Waals surface area (Å²) >= 11 is 0. The molecule has 0 spiro atoms. The third-order valence-corrected chi connectivity index (χ3v) is 4.08. The van der Waals surface area contributed by atoms with E-state index in [1.807, 2.05) is 41.9 Å². The molecule has 0 radical (unpaired) electrons. The van der Waals surface area contributed by atoms with Crippen LogP contribution in [-0.4, -0.2) is 19.5 Å². The molecule has 8 heteroatoms. The fourth-order valence-electron chi connectivity index (χ4n) is 2.68. The van der Waals surface area contributed by atoms with Gasteiger partial charge in [-0.25, -0.2) is 19.3 Å². The Hall–Kier alpha value is -3.68. The van der Waals surface area contributed by atoms with Crippen LogP contribution in [0, 0.1) is 5.82 Å². The van der Waals surface area contributed by atoms with Gasteiger partial charge in [0.05, 0.1) is 23.4 Å². The summed E-state index contributed by atoms with van der Waals surface area (Å²) in [6.45, 7) is 0.597. The van der Waals surface area contributed by atoms with Crippen molar-refractivity contribution in [3.05, 3.63) is 66.2 Å². The van der Waals surface area contributed by atoms with Crippen molar-refractivity contribution in [3.8, 4) is 11.8 Å². The standard InChI is InChI=1S/C19H17FN6O/c1-26-17-8-14(21)4-7-16(17)25-18(26)22-9-12-2-5-15(6-3-12)27-19-23-10-13(20)11-24-19/h2-8,10-11H,9,21H2,1H3,(H,22,25). The number of benzene rings is 2. The lowest BCUT2D eigenvalue weighted by Gasteiger charge is -2.08. The minimum atomic E-state index is -0.506. The highest BCUT2D eigenvalue weighted by Crippen LogP contribution is 2.22. The first-order valence-corrected chi connectivity index (χ1v) is 8.29. The molecular weight excluding hydrogens is 347 g/mol. The smallest absolute Gasteiger partial charge is 0.322 e.